The van der Waals surface area contributed by atoms with Gasteiger partial charge in [0.15, 0.2) is 0 Å². The van der Waals surface area contributed by atoms with Crippen molar-refractivity contribution in [2.75, 3.05) is 24.9 Å². The molecule has 0 radical (unpaired) electrons. The van der Waals surface area contributed by atoms with Crippen LogP contribution in [-0.2, 0) is 28.9 Å². The number of amides is 2. The van der Waals surface area contributed by atoms with Crippen molar-refractivity contribution in [1.29, 1.82) is 0 Å². The molecule has 0 fully saturated rings. The SMILES string of the molecule is COc1ccccc1CC(=O)Nc1ccc(Cc2ccc(NC(=O)Cc3ccccc3OC)c(O)c2)cc1O. The molecule has 0 aliphatic carbocycles. The Morgan fingerprint density at radius 1 is 0.641 bits per heavy atom. The fourth-order valence-corrected chi connectivity index (χ4v) is 4.25. The number of aromatic hydroxyl groups is 2. The summed E-state index contributed by atoms with van der Waals surface area (Å²) in [4.78, 5) is 25.0. The first-order valence-electron chi connectivity index (χ1n) is 12.3. The molecule has 0 atom stereocenters. The average molecular weight is 527 g/mol. The molecule has 0 unspecified atom stereocenters. The number of rotatable bonds is 10. The molecule has 0 aliphatic rings. The van der Waals surface area contributed by atoms with E-state index in [1.807, 2.05) is 36.4 Å². The summed E-state index contributed by atoms with van der Waals surface area (Å²) >= 11 is 0. The third-order valence-corrected chi connectivity index (χ3v) is 6.17. The second-order valence-electron chi connectivity index (χ2n) is 8.95. The lowest BCUT2D eigenvalue weighted by Crippen LogP contribution is -2.15. The summed E-state index contributed by atoms with van der Waals surface area (Å²) in [5.41, 5.74) is 3.65. The van der Waals surface area contributed by atoms with Gasteiger partial charge in [0.25, 0.3) is 0 Å². The van der Waals surface area contributed by atoms with E-state index >= 15 is 0 Å². The van der Waals surface area contributed by atoms with Gasteiger partial charge in [-0.2, -0.15) is 0 Å². The maximum absolute atomic E-state index is 12.5. The van der Waals surface area contributed by atoms with Crippen LogP contribution in [0.4, 0.5) is 11.4 Å². The zero-order valence-electron chi connectivity index (χ0n) is 21.7. The van der Waals surface area contributed by atoms with E-state index in [-0.39, 0.29) is 36.2 Å². The van der Waals surface area contributed by atoms with Gasteiger partial charge in [0, 0.05) is 11.1 Å². The van der Waals surface area contributed by atoms with Crippen molar-refractivity contribution in [1.82, 2.24) is 0 Å². The van der Waals surface area contributed by atoms with Crippen LogP contribution in [0.1, 0.15) is 22.3 Å². The molecule has 4 aromatic rings. The number of anilines is 2. The van der Waals surface area contributed by atoms with Gasteiger partial charge in [0.1, 0.15) is 23.0 Å². The van der Waals surface area contributed by atoms with Crippen molar-refractivity contribution in [3.05, 3.63) is 107 Å². The Morgan fingerprint density at radius 2 is 1.05 bits per heavy atom. The fourth-order valence-electron chi connectivity index (χ4n) is 4.25. The van der Waals surface area contributed by atoms with Crippen molar-refractivity contribution < 1.29 is 29.3 Å². The Bertz CT molecular complexity index is 1370. The molecule has 4 aromatic carbocycles. The highest BCUT2D eigenvalue weighted by atomic mass is 16.5. The van der Waals surface area contributed by atoms with Crippen LogP contribution in [-0.4, -0.2) is 36.2 Å². The summed E-state index contributed by atoms with van der Waals surface area (Å²) in [6, 6.07) is 24.5. The molecule has 0 saturated carbocycles. The second-order valence-corrected chi connectivity index (χ2v) is 8.95. The van der Waals surface area contributed by atoms with Gasteiger partial charge in [-0.15, -0.1) is 0 Å². The second kappa shape index (κ2) is 12.5. The van der Waals surface area contributed by atoms with Gasteiger partial charge in [-0.3, -0.25) is 9.59 Å². The van der Waals surface area contributed by atoms with Gasteiger partial charge in [-0.25, -0.2) is 0 Å². The zero-order chi connectivity index (χ0) is 27.8. The Morgan fingerprint density at radius 3 is 1.44 bits per heavy atom. The molecule has 4 rings (SSSR count). The molecule has 0 saturated heterocycles. The van der Waals surface area contributed by atoms with Gasteiger partial charge < -0.3 is 30.3 Å². The minimum absolute atomic E-state index is 0.0645. The number of hydrogen-bond acceptors (Lipinski definition) is 6. The number of phenols is 2. The summed E-state index contributed by atoms with van der Waals surface area (Å²) in [7, 11) is 3.10. The van der Waals surface area contributed by atoms with Crippen LogP contribution in [0.3, 0.4) is 0 Å². The molecule has 0 bridgehead atoms. The molecule has 4 N–H and O–H groups in total. The number of carbonyl (C=O) groups is 2. The Balaban J connectivity index is 1.36. The average Bonchev–Trinajstić information content (AvgIpc) is 2.92. The number of para-hydroxylation sites is 2. The summed E-state index contributed by atoms with van der Waals surface area (Å²) in [6.45, 7) is 0. The van der Waals surface area contributed by atoms with Crippen molar-refractivity contribution in [3.63, 3.8) is 0 Å². The van der Waals surface area contributed by atoms with E-state index < -0.39 is 0 Å². The number of hydrogen-bond donors (Lipinski definition) is 4. The van der Waals surface area contributed by atoms with Gasteiger partial charge in [0.05, 0.1) is 38.4 Å². The van der Waals surface area contributed by atoms with Crippen molar-refractivity contribution >= 4 is 23.2 Å². The molecule has 8 nitrogen and oxygen atoms in total. The molecule has 0 aromatic heterocycles. The number of phenolic OH excluding ortho intramolecular Hbond substituents is 2. The predicted octanol–water partition coefficient (Wildman–Crippen LogP) is 5.07. The molecule has 39 heavy (non-hydrogen) atoms. The highest BCUT2D eigenvalue weighted by Crippen LogP contribution is 2.29. The zero-order valence-corrected chi connectivity index (χ0v) is 21.7. The number of nitrogens with one attached hydrogen (secondary N) is 2. The normalized spacial score (nSPS) is 10.5. The highest BCUT2D eigenvalue weighted by Gasteiger charge is 2.13. The van der Waals surface area contributed by atoms with Gasteiger partial charge >= 0.3 is 0 Å². The number of ether oxygens (including phenoxy) is 2. The quantitative estimate of drug-likeness (QED) is 0.215. The third kappa shape index (κ3) is 7.07. The Hall–Kier alpha value is -4.98. The molecule has 0 spiro atoms. The molecular formula is C31H30N2O6. The van der Waals surface area contributed by atoms with Crippen LogP contribution >= 0.6 is 0 Å². The first-order valence-corrected chi connectivity index (χ1v) is 12.3. The monoisotopic (exact) mass is 526 g/mol. The summed E-state index contributed by atoms with van der Waals surface area (Å²) in [5, 5.41) is 26.4. The van der Waals surface area contributed by atoms with E-state index in [0.29, 0.717) is 29.3 Å². The minimum atomic E-state index is -0.282. The van der Waals surface area contributed by atoms with Crippen molar-refractivity contribution in [2.45, 2.75) is 19.3 Å². The lowest BCUT2D eigenvalue weighted by atomic mass is 10.0. The first-order chi connectivity index (χ1) is 18.9. The molecule has 0 aliphatic heterocycles. The van der Waals surface area contributed by atoms with Crippen LogP contribution in [0.2, 0.25) is 0 Å². The minimum Gasteiger partial charge on any atom is -0.506 e. The van der Waals surface area contributed by atoms with Crippen LogP contribution < -0.4 is 20.1 Å². The standard InChI is InChI=1S/C31H30N2O6/c1-38-28-9-5-3-7-22(28)18-30(36)32-24-13-11-20(16-26(24)34)15-21-12-14-25(27(35)17-21)33-31(37)19-23-8-4-6-10-29(23)39-2/h3-14,16-17,34-35H,15,18-19H2,1-2H3,(H,32,36)(H,33,37). The van der Waals surface area contributed by atoms with Crippen LogP contribution in [0.5, 0.6) is 23.0 Å². The van der Waals surface area contributed by atoms with E-state index in [1.54, 1.807) is 62.8 Å². The number of benzene rings is 4. The maximum Gasteiger partial charge on any atom is 0.229 e. The van der Waals surface area contributed by atoms with Crippen LogP contribution in [0.25, 0.3) is 0 Å². The molecular weight excluding hydrogens is 496 g/mol. The number of carbonyl (C=O) groups excluding carboxylic acids is 2. The molecule has 200 valence electrons. The topological polar surface area (TPSA) is 117 Å². The fraction of sp³-hybridized carbons (Fsp3) is 0.161. The number of methoxy groups -OCH3 is 2. The van der Waals surface area contributed by atoms with Gasteiger partial charge in [-0.05, 0) is 53.9 Å². The first kappa shape index (κ1) is 27.1. The lowest BCUT2D eigenvalue weighted by molar-refractivity contribution is -0.116. The molecule has 0 heterocycles. The highest BCUT2D eigenvalue weighted by molar-refractivity contribution is 5.94. The Kier molecular flexibility index (Phi) is 8.68. The predicted molar refractivity (Wildman–Crippen MR) is 150 cm³/mol. The van der Waals surface area contributed by atoms with E-state index in [2.05, 4.69) is 10.6 Å². The lowest BCUT2D eigenvalue weighted by Gasteiger charge is -2.12. The smallest absolute Gasteiger partial charge is 0.229 e. The van der Waals surface area contributed by atoms with Gasteiger partial charge in [-0.1, -0.05) is 48.5 Å². The summed E-state index contributed by atoms with van der Waals surface area (Å²) < 4.78 is 10.6. The van der Waals surface area contributed by atoms with Crippen molar-refractivity contribution in [2.24, 2.45) is 0 Å². The maximum atomic E-state index is 12.5. The molecule has 2 amide bonds. The van der Waals surface area contributed by atoms with E-state index in [4.69, 9.17) is 9.47 Å². The van der Waals surface area contributed by atoms with E-state index in [0.717, 1.165) is 22.3 Å². The Labute approximate surface area is 226 Å². The largest absolute Gasteiger partial charge is 0.506 e. The van der Waals surface area contributed by atoms with Crippen molar-refractivity contribution in [3.8, 4) is 23.0 Å². The third-order valence-electron chi connectivity index (χ3n) is 6.17. The van der Waals surface area contributed by atoms with E-state index in [1.165, 1.54) is 0 Å². The summed E-state index contributed by atoms with van der Waals surface area (Å²) in [5.74, 6) is 0.553. The van der Waals surface area contributed by atoms with Gasteiger partial charge in [0.2, 0.25) is 11.8 Å². The molecule has 8 heteroatoms. The van der Waals surface area contributed by atoms with Crippen LogP contribution in [0.15, 0.2) is 84.9 Å². The van der Waals surface area contributed by atoms with Crippen LogP contribution in [0, 0.1) is 0 Å². The van der Waals surface area contributed by atoms with E-state index in [9.17, 15) is 19.8 Å². The summed E-state index contributed by atoms with van der Waals surface area (Å²) in [6.07, 6.45) is 0.629.